The molecule has 28 heavy (non-hydrogen) atoms. The molecule has 3 aromatic carbocycles. The van der Waals surface area contributed by atoms with Crippen molar-refractivity contribution in [2.75, 3.05) is 10.9 Å². The number of nitrogens with zero attached hydrogens (tertiary/aromatic N) is 3. The van der Waals surface area contributed by atoms with Gasteiger partial charge in [0.25, 0.3) is 0 Å². The topological polar surface area (TPSA) is 81.4 Å². The largest absolute Gasteiger partial charge is 0.410 e. The van der Waals surface area contributed by atoms with Crippen LogP contribution in [-0.2, 0) is 0 Å². The van der Waals surface area contributed by atoms with Gasteiger partial charge in [0.05, 0.1) is 17.1 Å². The molecule has 0 aliphatic carbocycles. The first kappa shape index (κ1) is 18.8. The Labute approximate surface area is 163 Å². The van der Waals surface area contributed by atoms with Gasteiger partial charge in [0.2, 0.25) is 0 Å². The average Bonchev–Trinajstić information content (AvgIpc) is 2.77. The van der Waals surface area contributed by atoms with E-state index in [1.807, 2.05) is 91.0 Å². The quantitative estimate of drug-likeness (QED) is 0.316. The minimum Gasteiger partial charge on any atom is -0.410 e. The van der Waals surface area contributed by atoms with Crippen molar-refractivity contribution in [1.82, 2.24) is 0 Å². The molecule has 0 amide bonds. The van der Waals surface area contributed by atoms with Crippen LogP contribution in [0.15, 0.2) is 106 Å². The molecule has 3 aromatic rings. The van der Waals surface area contributed by atoms with E-state index in [0.29, 0.717) is 11.4 Å². The van der Waals surface area contributed by atoms with Crippen molar-refractivity contribution in [3.05, 3.63) is 96.6 Å². The third-order valence-electron chi connectivity index (χ3n) is 3.91. The van der Waals surface area contributed by atoms with Crippen molar-refractivity contribution in [1.29, 1.82) is 0 Å². The fraction of sp³-hybridized carbons (Fsp3) is 0.0455. The summed E-state index contributed by atoms with van der Waals surface area (Å²) in [7, 11) is 0. The van der Waals surface area contributed by atoms with Crippen molar-refractivity contribution in [3.63, 3.8) is 0 Å². The minimum atomic E-state index is 0.262. The molecule has 0 saturated heterocycles. The van der Waals surface area contributed by atoms with Crippen LogP contribution >= 0.6 is 0 Å². The molecule has 0 saturated carbocycles. The number of benzene rings is 3. The maximum Gasteiger partial charge on any atom is 0.153 e. The van der Waals surface area contributed by atoms with E-state index >= 15 is 0 Å². The summed E-state index contributed by atoms with van der Waals surface area (Å²) in [6.07, 6.45) is 0. The molecule has 0 heterocycles. The predicted octanol–water partition coefficient (Wildman–Crippen LogP) is 4.82. The number of hydrogen-bond donors (Lipinski definition) is 3. The summed E-state index contributed by atoms with van der Waals surface area (Å²) >= 11 is 0. The van der Waals surface area contributed by atoms with Crippen LogP contribution in [0.2, 0.25) is 0 Å². The number of anilines is 2. The zero-order valence-corrected chi connectivity index (χ0v) is 15.4. The van der Waals surface area contributed by atoms with Crippen molar-refractivity contribution in [2.24, 2.45) is 15.4 Å². The molecule has 0 unspecified atom stereocenters. The Morgan fingerprint density at radius 3 is 1.64 bits per heavy atom. The summed E-state index contributed by atoms with van der Waals surface area (Å²) in [5.74, 6) is 0. The highest BCUT2D eigenvalue weighted by Crippen LogP contribution is 2.10. The predicted molar refractivity (Wildman–Crippen MR) is 115 cm³/mol. The van der Waals surface area contributed by atoms with Gasteiger partial charge < -0.3 is 5.21 Å². The van der Waals surface area contributed by atoms with E-state index in [4.69, 9.17) is 0 Å². The molecule has 0 aliphatic heterocycles. The van der Waals surface area contributed by atoms with E-state index in [1.165, 1.54) is 0 Å². The van der Waals surface area contributed by atoms with E-state index in [2.05, 4.69) is 26.2 Å². The van der Waals surface area contributed by atoms with Gasteiger partial charge in [0.15, 0.2) is 5.71 Å². The molecule has 0 bridgehead atoms. The van der Waals surface area contributed by atoms with E-state index in [1.54, 1.807) is 6.92 Å². The number of oxime groups is 1. The molecule has 140 valence electrons. The smallest absolute Gasteiger partial charge is 0.153 e. The second-order valence-corrected chi connectivity index (χ2v) is 5.93. The third kappa shape index (κ3) is 5.04. The second-order valence-electron chi connectivity index (χ2n) is 5.93. The summed E-state index contributed by atoms with van der Waals surface area (Å²) in [4.78, 5) is 0. The molecule has 0 aliphatic rings. The fourth-order valence-electron chi connectivity index (χ4n) is 2.49. The summed E-state index contributed by atoms with van der Waals surface area (Å²) in [5.41, 5.74) is 9.65. The van der Waals surface area contributed by atoms with Crippen LogP contribution in [0.5, 0.6) is 0 Å². The lowest BCUT2D eigenvalue weighted by molar-refractivity contribution is 0.321. The lowest BCUT2D eigenvalue weighted by atomic mass is 10.0. The summed E-state index contributed by atoms with van der Waals surface area (Å²) in [5, 5.41) is 22.0. The van der Waals surface area contributed by atoms with Gasteiger partial charge in [0, 0.05) is 5.56 Å². The normalized spacial score (nSPS) is 12.5. The van der Waals surface area contributed by atoms with E-state index in [0.717, 1.165) is 16.9 Å². The van der Waals surface area contributed by atoms with E-state index < -0.39 is 0 Å². The number of hydrogen-bond acceptors (Lipinski definition) is 6. The first-order chi connectivity index (χ1) is 13.8. The number of rotatable bonds is 7. The maximum absolute atomic E-state index is 9.69. The SMILES string of the molecule is CC(=N/Nc1ccccc1)/C(=N\O)C(=N\Nc1ccccc1)/c1ccccc1. The first-order valence-corrected chi connectivity index (χ1v) is 8.80. The van der Waals surface area contributed by atoms with Gasteiger partial charge in [0.1, 0.15) is 5.71 Å². The van der Waals surface area contributed by atoms with Gasteiger partial charge in [-0.25, -0.2) is 0 Å². The maximum atomic E-state index is 9.69. The van der Waals surface area contributed by atoms with Gasteiger partial charge in [-0.05, 0) is 31.2 Å². The Bertz CT molecular complexity index is 968. The molecule has 6 heteroatoms. The van der Waals surface area contributed by atoms with Crippen molar-refractivity contribution < 1.29 is 5.21 Å². The Hall–Kier alpha value is -3.93. The average molecular weight is 371 g/mol. The lowest BCUT2D eigenvalue weighted by Crippen LogP contribution is -2.25. The molecule has 0 aromatic heterocycles. The summed E-state index contributed by atoms with van der Waals surface area (Å²) in [6.45, 7) is 1.76. The third-order valence-corrected chi connectivity index (χ3v) is 3.91. The van der Waals surface area contributed by atoms with Crippen molar-refractivity contribution >= 4 is 28.5 Å². The van der Waals surface area contributed by atoms with Gasteiger partial charge in [-0.15, -0.1) is 0 Å². The van der Waals surface area contributed by atoms with E-state index in [-0.39, 0.29) is 5.71 Å². The summed E-state index contributed by atoms with van der Waals surface area (Å²) in [6, 6.07) is 28.6. The highest BCUT2D eigenvalue weighted by atomic mass is 16.4. The van der Waals surface area contributed by atoms with Gasteiger partial charge in [-0.3, -0.25) is 10.9 Å². The van der Waals surface area contributed by atoms with Crippen LogP contribution in [-0.4, -0.2) is 22.3 Å². The Morgan fingerprint density at radius 2 is 1.14 bits per heavy atom. The number of para-hydroxylation sites is 2. The molecule has 0 fully saturated rings. The van der Waals surface area contributed by atoms with E-state index in [9.17, 15) is 5.21 Å². The molecular formula is C22H21N5O. The van der Waals surface area contributed by atoms with Crippen molar-refractivity contribution in [2.45, 2.75) is 6.92 Å². The van der Waals surface area contributed by atoms with Crippen LogP contribution < -0.4 is 10.9 Å². The molecule has 3 rings (SSSR count). The second kappa shape index (κ2) is 9.68. The van der Waals surface area contributed by atoms with Crippen LogP contribution in [0.4, 0.5) is 11.4 Å². The van der Waals surface area contributed by atoms with Gasteiger partial charge >= 0.3 is 0 Å². The Balaban J connectivity index is 1.91. The van der Waals surface area contributed by atoms with Crippen LogP contribution in [0.1, 0.15) is 12.5 Å². The zero-order valence-electron chi connectivity index (χ0n) is 15.4. The number of nitrogens with one attached hydrogen (secondary N) is 2. The zero-order chi connectivity index (χ0) is 19.6. The van der Waals surface area contributed by atoms with Gasteiger partial charge in [-0.2, -0.15) is 10.2 Å². The standard InChI is InChI=1S/C22H21N5O/c1-17(23-24-19-13-7-3-8-14-19)21(27-28)22(18-11-5-2-6-12-18)26-25-20-15-9-4-10-16-20/h2-16,24-25,28H,1H3/b23-17-,26-22-,27-21+. The highest BCUT2D eigenvalue weighted by Gasteiger charge is 2.16. The minimum absolute atomic E-state index is 0.262. The molecule has 0 atom stereocenters. The Kier molecular flexibility index (Phi) is 6.52. The molecule has 0 spiro atoms. The molecule has 3 N–H and O–H groups in total. The monoisotopic (exact) mass is 371 g/mol. The van der Waals surface area contributed by atoms with Crippen molar-refractivity contribution in [3.8, 4) is 0 Å². The Morgan fingerprint density at radius 1 is 0.679 bits per heavy atom. The molecular weight excluding hydrogens is 350 g/mol. The molecule has 6 nitrogen and oxygen atoms in total. The fourth-order valence-corrected chi connectivity index (χ4v) is 2.49. The number of hydrazone groups is 2. The lowest BCUT2D eigenvalue weighted by Gasteiger charge is -2.10. The van der Waals surface area contributed by atoms with Crippen LogP contribution in [0.25, 0.3) is 0 Å². The van der Waals surface area contributed by atoms with Crippen LogP contribution in [0.3, 0.4) is 0 Å². The van der Waals surface area contributed by atoms with Crippen LogP contribution in [0, 0.1) is 0 Å². The van der Waals surface area contributed by atoms with Gasteiger partial charge in [-0.1, -0.05) is 71.9 Å². The highest BCUT2D eigenvalue weighted by molar-refractivity contribution is 6.71. The molecule has 0 radical (unpaired) electrons. The first-order valence-electron chi connectivity index (χ1n) is 8.80. The summed E-state index contributed by atoms with van der Waals surface area (Å²) < 4.78 is 0.